The Morgan fingerprint density at radius 2 is 2.29 bits per heavy atom. The van der Waals surface area contributed by atoms with Gasteiger partial charge in [-0.05, 0) is 18.6 Å². The summed E-state index contributed by atoms with van der Waals surface area (Å²) in [7, 11) is 0. The highest BCUT2D eigenvalue weighted by atomic mass is 19.1. The van der Waals surface area contributed by atoms with Crippen LogP contribution in [0.5, 0.6) is 0 Å². The minimum Gasteiger partial charge on any atom is -0.299 e. The summed E-state index contributed by atoms with van der Waals surface area (Å²) in [4.78, 5) is 0. The predicted octanol–water partition coefficient (Wildman–Crippen LogP) is 2.59. The summed E-state index contributed by atoms with van der Waals surface area (Å²) in [5.74, 6) is 2.26. The molecular formula is C14H15FN2. The molecule has 0 fully saturated rings. The fraction of sp³-hybridized carbons (Fsp3) is 0.357. The molecule has 17 heavy (non-hydrogen) atoms. The summed E-state index contributed by atoms with van der Waals surface area (Å²) >= 11 is 0. The minimum atomic E-state index is -0.371. The van der Waals surface area contributed by atoms with E-state index in [2.05, 4.69) is 11.2 Å². The van der Waals surface area contributed by atoms with Gasteiger partial charge in [-0.1, -0.05) is 25.3 Å². The lowest BCUT2D eigenvalue weighted by atomic mass is 10.1. The fourth-order valence-corrected chi connectivity index (χ4v) is 1.53. The summed E-state index contributed by atoms with van der Waals surface area (Å²) in [6.07, 6.45) is 7.21. The summed E-state index contributed by atoms with van der Waals surface area (Å²) in [5, 5.41) is 11.7. The molecule has 0 heterocycles. The van der Waals surface area contributed by atoms with E-state index in [9.17, 15) is 4.39 Å². The molecule has 1 aromatic rings. The third-order valence-corrected chi connectivity index (χ3v) is 2.50. The molecule has 1 aromatic carbocycles. The number of rotatable bonds is 5. The lowest BCUT2D eigenvalue weighted by Crippen LogP contribution is -2.27. The second kappa shape index (κ2) is 6.68. The topological polar surface area (TPSA) is 35.8 Å². The van der Waals surface area contributed by atoms with Crippen LogP contribution < -0.4 is 5.32 Å². The van der Waals surface area contributed by atoms with Crippen molar-refractivity contribution >= 4 is 0 Å². The molecule has 0 aromatic heterocycles. The van der Waals surface area contributed by atoms with E-state index >= 15 is 0 Å². The van der Waals surface area contributed by atoms with Crippen LogP contribution >= 0.6 is 0 Å². The molecule has 0 aliphatic rings. The zero-order valence-corrected chi connectivity index (χ0v) is 9.83. The standard InChI is InChI=1S/C14H15FN2/c1-3-5-13(4-2)17-10-12-7-6-11(9-16)8-14(12)15/h2,6-8,13,17H,3,5,10H2,1H3. The van der Waals surface area contributed by atoms with Crippen LogP contribution in [0.25, 0.3) is 0 Å². The maximum atomic E-state index is 13.5. The average Bonchev–Trinajstić information content (AvgIpc) is 2.35. The Balaban J connectivity index is 2.64. The maximum absolute atomic E-state index is 13.5. The number of hydrogen-bond donors (Lipinski definition) is 1. The summed E-state index contributed by atoms with van der Waals surface area (Å²) in [5.41, 5.74) is 0.855. The summed E-state index contributed by atoms with van der Waals surface area (Å²) in [6.45, 7) is 2.43. The van der Waals surface area contributed by atoms with Gasteiger partial charge in [-0.25, -0.2) is 4.39 Å². The Morgan fingerprint density at radius 3 is 2.82 bits per heavy atom. The number of nitrogens with one attached hydrogen (secondary N) is 1. The van der Waals surface area contributed by atoms with E-state index in [1.54, 1.807) is 12.1 Å². The average molecular weight is 230 g/mol. The van der Waals surface area contributed by atoms with Gasteiger partial charge in [0.2, 0.25) is 0 Å². The zero-order valence-electron chi connectivity index (χ0n) is 9.83. The van der Waals surface area contributed by atoms with Crippen LogP contribution in [-0.4, -0.2) is 6.04 Å². The molecule has 1 unspecified atom stereocenters. The highest BCUT2D eigenvalue weighted by Gasteiger charge is 2.06. The SMILES string of the molecule is C#CC(CCC)NCc1ccc(C#N)cc1F. The first-order valence-corrected chi connectivity index (χ1v) is 5.59. The first-order valence-electron chi connectivity index (χ1n) is 5.59. The second-order valence-corrected chi connectivity index (χ2v) is 3.81. The lowest BCUT2D eigenvalue weighted by molar-refractivity contribution is 0.539. The van der Waals surface area contributed by atoms with Crippen LogP contribution in [-0.2, 0) is 6.54 Å². The van der Waals surface area contributed by atoms with Crippen molar-refractivity contribution in [1.29, 1.82) is 5.26 Å². The fourth-order valence-electron chi connectivity index (χ4n) is 1.53. The molecule has 1 atom stereocenters. The number of halogens is 1. The predicted molar refractivity (Wildman–Crippen MR) is 65.5 cm³/mol. The van der Waals surface area contributed by atoms with Gasteiger partial charge in [0, 0.05) is 12.1 Å². The van der Waals surface area contributed by atoms with Crippen molar-refractivity contribution in [1.82, 2.24) is 5.32 Å². The van der Waals surface area contributed by atoms with Gasteiger partial charge in [0.25, 0.3) is 0 Å². The van der Waals surface area contributed by atoms with E-state index < -0.39 is 0 Å². The van der Waals surface area contributed by atoms with Crippen LogP contribution in [0.1, 0.15) is 30.9 Å². The Labute approximate surface area is 101 Å². The molecule has 0 amide bonds. The second-order valence-electron chi connectivity index (χ2n) is 3.81. The van der Waals surface area contributed by atoms with Crippen LogP contribution in [0, 0.1) is 29.5 Å². The smallest absolute Gasteiger partial charge is 0.129 e. The molecule has 0 spiro atoms. The monoisotopic (exact) mass is 230 g/mol. The van der Waals surface area contributed by atoms with Crippen LogP contribution in [0.2, 0.25) is 0 Å². The molecule has 0 saturated carbocycles. The summed E-state index contributed by atoms with van der Waals surface area (Å²) in [6, 6.07) is 6.32. The molecule has 1 rings (SSSR count). The number of benzene rings is 1. The first-order chi connectivity index (χ1) is 8.21. The number of terminal acetylenes is 1. The van der Waals surface area contributed by atoms with Crippen molar-refractivity contribution in [3.63, 3.8) is 0 Å². The third-order valence-electron chi connectivity index (χ3n) is 2.50. The normalized spacial score (nSPS) is 11.5. The van der Waals surface area contributed by atoms with Gasteiger partial charge in [0.15, 0.2) is 0 Å². The van der Waals surface area contributed by atoms with Gasteiger partial charge in [-0.15, -0.1) is 6.42 Å². The van der Waals surface area contributed by atoms with Crippen molar-refractivity contribution in [2.75, 3.05) is 0 Å². The van der Waals surface area contributed by atoms with Crippen molar-refractivity contribution in [2.24, 2.45) is 0 Å². The largest absolute Gasteiger partial charge is 0.299 e. The van der Waals surface area contributed by atoms with Crippen LogP contribution in [0.15, 0.2) is 18.2 Å². The van der Waals surface area contributed by atoms with E-state index in [0.717, 1.165) is 12.8 Å². The molecule has 0 bridgehead atoms. The molecule has 88 valence electrons. The Bertz CT molecular complexity index is 454. The molecule has 0 radical (unpaired) electrons. The molecule has 2 nitrogen and oxygen atoms in total. The van der Waals surface area contributed by atoms with Crippen molar-refractivity contribution in [2.45, 2.75) is 32.4 Å². The van der Waals surface area contributed by atoms with Gasteiger partial charge in [0.05, 0.1) is 17.7 Å². The van der Waals surface area contributed by atoms with E-state index in [0.29, 0.717) is 17.7 Å². The molecule has 3 heteroatoms. The highest BCUT2D eigenvalue weighted by Crippen LogP contribution is 2.10. The number of hydrogen-bond acceptors (Lipinski definition) is 2. The minimum absolute atomic E-state index is 0.0324. The van der Waals surface area contributed by atoms with Gasteiger partial charge >= 0.3 is 0 Å². The van der Waals surface area contributed by atoms with Crippen molar-refractivity contribution < 1.29 is 4.39 Å². The Hall–Kier alpha value is -1.84. The van der Waals surface area contributed by atoms with Gasteiger partial charge in [0.1, 0.15) is 5.82 Å². The van der Waals surface area contributed by atoms with Gasteiger partial charge in [-0.2, -0.15) is 5.26 Å². The number of nitriles is 1. The highest BCUT2D eigenvalue weighted by molar-refractivity contribution is 5.32. The maximum Gasteiger partial charge on any atom is 0.129 e. The quantitative estimate of drug-likeness (QED) is 0.789. The van der Waals surface area contributed by atoms with Crippen molar-refractivity contribution in [3.05, 3.63) is 35.1 Å². The lowest BCUT2D eigenvalue weighted by Gasteiger charge is -2.12. The van der Waals surface area contributed by atoms with Gasteiger partial charge < -0.3 is 0 Å². The first kappa shape index (κ1) is 13.2. The molecule has 0 aliphatic heterocycles. The van der Waals surface area contributed by atoms with E-state index in [1.165, 1.54) is 6.07 Å². The Kier molecular flexibility index (Phi) is 5.20. The van der Waals surface area contributed by atoms with Crippen molar-refractivity contribution in [3.8, 4) is 18.4 Å². The zero-order chi connectivity index (χ0) is 12.7. The van der Waals surface area contributed by atoms with Gasteiger partial charge in [-0.3, -0.25) is 5.32 Å². The van der Waals surface area contributed by atoms with E-state index in [-0.39, 0.29) is 11.9 Å². The third kappa shape index (κ3) is 3.90. The Morgan fingerprint density at radius 1 is 1.53 bits per heavy atom. The number of nitrogens with zero attached hydrogens (tertiary/aromatic N) is 1. The molecule has 0 saturated heterocycles. The molecular weight excluding hydrogens is 215 g/mol. The van der Waals surface area contributed by atoms with E-state index in [4.69, 9.17) is 11.7 Å². The summed E-state index contributed by atoms with van der Waals surface area (Å²) < 4.78 is 13.5. The molecule has 0 aliphatic carbocycles. The van der Waals surface area contributed by atoms with Crippen LogP contribution in [0.4, 0.5) is 4.39 Å². The molecule has 1 N–H and O–H groups in total. The van der Waals surface area contributed by atoms with Crippen LogP contribution in [0.3, 0.4) is 0 Å². The van der Waals surface area contributed by atoms with E-state index in [1.807, 2.05) is 13.0 Å².